The van der Waals surface area contributed by atoms with Crippen LogP contribution in [0.5, 0.6) is 0 Å². The van der Waals surface area contributed by atoms with Gasteiger partial charge in [0.1, 0.15) is 4.83 Å². The highest BCUT2D eigenvalue weighted by Gasteiger charge is 2.35. The molecule has 2 aromatic heterocycles. The van der Waals surface area contributed by atoms with Gasteiger partial charge in [-0.1, -0.05) is 23.9 Å². The molecule has 1 unspecified atom stereocenters. The summed E-state index contributed by atoms with van der Waals surface area (Å²) >= 11 is 2.42. The highest BCUT2D eigenvalue weighted by molar-refractivity contribution is 8.00. The second-order valence-corrected chi connectivity index (χ2v) is 10.3. The van der Waals surface area contributed by atoms with Crippen molar-refractivity contribution in [1.82, 2.24) is 14.5 Å². The molecular formula is C22H22F3N3O2S2. The molecule has 1 aliphatic rings. The van der Waals surface area contributed by atoms with Gasteiger partial charge in [0.15, 0.2) is 5.16 Å². The van der Waals surface area contributed by atoms with E-state index >= 15 is 0 Å². The number of thioether (sulfide) groups is 1. The highest BCUT2D eigenvalue weighted by Crippen LogP contribution is 2.38. The number of rotatable bonds is 4. The maximum Gasteiger partial charge on any atom is 0.418 e. The standard InChI is InChI=1S/C22H22F3N3O2S2/c1-12(19(29)27(2)3)31-21-26-18-17(13-8-4-7-11-16(13)32-18)20(30)28(21)15-10-6-5-9-14(15)22(23,24)25/h5-6,9-10,12H,4,7-8,11H2,1-3H3. The highest BCUT2D eigenvalue weighted by atomic mass is 32.2. The summed E-state index contributed by atoms with van der Waals surface area (Å²) in [6, 6.07) is 4.99. The first-order chi connectivity index (χ1) is 15.1. The Balaban J connectivity index is 2.00. The summed E-state index contributed by atoms with van der Waals surface area (Å²) in [5.74, 6) is -0.217. The van der Waals surface area contributed by atoms with Crippen LogP contribution in [-0.2, 0) is 23.8 Å². The molecule has 0 saturated carbocycles. The molecule has 2 heterocycles. The van der Waals surface area contributed by atoms with Gasteiger partial charge in [0.05, 0.1) is 21.9 Å². The molecular weight excluding hydrogens is 459 g/mol. The number of carbonyl (C=O) groups excluding carboxylic acids is 1. The quantitative estimate of drug-likeness (QED) is 0.392. The largest absolute Gasteiger partial charge is 0.418 e. The number of alkyl halides is 3. The van der Waals surface area contributed by atoms with E-state index in [4.69, 9.17) is 0 Å². The first-order valence-corrected chi connectivity index (χ1v) is 11.9. The number of hydrogen-bond donors (Lipinski definition) is 0. The maximum atomic E-state index is 13.8. The fourth-order valence-electron chi connectivity index (χ4n) is 3.96. The number of aryl methyl sites for hydroxylation is 2. The fourth-order valence-corrected chi connectivity index (χ4v) is 6.33. The smallest absolute Gasteiger partial charge is 0.348 e. The minimum absolute atomic E-state index is 0.0838. The lowest BCUT2D eigenvalue weighted by molar-refractivity contribution is -0.137. The molecule has 0 spiro atoms. The Morgan fingerprint density at radius 3 is 2.59 bits per heavy atom. The second kappa shape index (κ2) is 8.55. The average molecular weight is 482 g/mol. The first kappa shape index (κ1) is 22.8. The van der Waals surface area contributed by atoms with E-state index in [9.17, 15) is 22.8 Å². The number of para-hydroxylation sites is 1. The first-order valence-electron chi connectivity index (χ1n) is 10.2. The summed E-state index contributed by atoms with van der Waals surface area (Å²) in [4.78, 5) is 33.8. The van der Waals surface area contributed by atoms with Crippen LogP contribution in [0.1, 0.15) is 35.8 Å². The topological polar surface area (TPSA) is 55.2 Å². The third-order valence-electron chi connectivity index (χ3n) is 5.48. The van der Waals surface area contributed by atoms with Gasteiger partial charge in [0, 0.05) is 19.0 Å². The van der Waals surface area contributed by atoms with Crippen LogP contribution in [0.4, 0.5) is 13.2 Å². The molecule has 170 valence electrons. The van der Waals surface area contributed by atoms with Gasteiger partial charge in [0.25, 0.3) is 5.56 Å². The lowest BCUT2D eigenvalue weighted by Crippen LogP contribution is -2.31. The molecule has 1 amide bonds. The molecule has 1 aromatic carbocycles. The van der Waals surface area contributed by atoms with Crippen molar-refractivity contribution in [3.63, 3.8) is 0 Å². The Morgan fingerprint density at radius 1 is 1.22 bits per heavy atom. The molecule has 0 aliphatic heterocycles. The third-order valence-corrected chi connectivity index (χ3v) is 7.70. The molecule has 3 aromatic rings. The Kier molecular flexibility index (Phi) is 6.10. The number of hydrogen-bond acceptors (Lipinski definition) is 5. The second-order valence-electron chi connectivity index (χ2n) is 7.93. The lowest BCUT2D eigenvalue weighted by Gasteiger charge is -2.20. The lowest BCUT2D eigenvalue weighted by atomic mass is 9.97. The number of amides is 1. The number of benzene rings is 1. The Bertz CT molecular complexity index is 1250. The number of carbonyl (C=O) groups is 1. The Hall–Kier alpha value is -2.33. The number of aromatic nitrogens is 2. The summed E-state index contributed by atoms with van der Waals surface area (Å²) in [5, 5.41) is -0.147. The molecule has 1 atom stereocenters. The van der Waals surface area contributed by atoms with Gasteiger partial charge >= 0.3 is 6.18 Å². The van der Waals surface area contributed by atoms with Crippen molar-refractivity contribution < 1.29 is 18.0 Å². The molecule has 1 aliphatic carbocycles. The Morgan fingerprint density at radius 2 is 1.91 bits per heavy atom. The summed E-state index contributed by atoms with van der Waals surface area (Å²) < 4.78 is 42.5. The molecule has 0 bridgehead atoms. The van der Waals surface area contributed by atoms with E-state index in [0.29, 0.717) is 10.2 Å². The fraction of sp³-hybridized carbons (Fsp3) is 0.409. The molecule has 0 N–H and O–H groups in total. The van der Waals surface area contributed by atoms with Crippen molar-refractivity contribution in [2.45, 2.75) is 49.2 Å². The van der Waals surface area contributed by atoms with E-state index in [1.54, 1.807) is 21.0 Å². The zero-order valence-corrected chi connectivity index (χ0v) is 19.5. The van der Waals surface area contributed by atoms with Gasteiger partial charge in [-0.25, -0.2) is 4.98 Å². The van der Waals surface area contributed by atoms with Crippen LogP contribution in [-0.4, -0.2) is 39.7 Å². The minimum atomic E-state index is -4.65. The summed E-state index contributed by atoms with van der Waals surface area (Å²) in [5.41, 5.74) is -0.804. The van der Waals surface area contributed by atoms with Crippen molar-refractivity contribution in [1.29, 1.82) is 0 Å². The predicted molar refractivity (Wildman–Crippen MR) is 121 cm³/mol. The molecule has 0 saturated heterocycles. The van der Waals surface area contributed by atoms with Crippen LogP contribution in [0.15, 0.2) is 34.2 Å². The van der Waals surface area contributed by atoms with E-state index < -0.39 is 22.5 Å². The van der Waals surface area contributed by atoms with Crippen LogP contribution in [0.3, 0.4) is 0 Å². The van der Waals surface area contributed by atoms with Gasteiger partial charge < -0.3 is 4.90 Å². The van der Waals surface area contributed by atoms with Gasteiger partial charge in [-0.15, -0.1) is 11.3 Å². The van der Waals surface area contributed by atoms with Crippen molar-refractivity contribution >= 4 is 39.2 Å². The zero-order chi connectivity index (χ0) is 23.2. The molecule has 32 heavy (non-hydrogen) atoms. The van der Waals surface area contributed by atoms with Crippen LogP contribution >= 0.6 is 23.1 Å². The summed E-state index contributed by atoms with van der Waals surface area (Å²) in [6.07, 6.45) is -1.14. The maximum absolute atomic E-state index is 13.8. The van der Waals surface area contributed by atoms with E-state index in [2.05, 4.69) is 4.98 Å². The molecule has 0 fully saturated rings. The normalized spacial score (nSPS) is 14.9. The van der Waals surface area contributed by atoms with Crippen LogP contribution < -0.4 is 5.56 Å². The van der Waals surface area contributed by atoms with Crippen LogP contribution in [0.2, 0.25) is 0 Å². The Labute approximate surface area is 191 Å². The van der Waals surface area contributed by atoms with E-state index in [-0.39, 0.29) is 16.8 Å². The van der Waals surface area contributed by atoms with Gasteiger partial charge in [-0.3, -0.25) is 14.2 Å². The summed E-state index contributed by atoms with van der Waals surface area (Å²) in [7, 11) is 3.21. The van der Waals surface area contributed by atoms with E-state index in [1.807, 2.05) is 0 Å². The molecule has 0 radical (unpaired) electrons. The SMILES string of the molecule is CC(Sc1nc2sc3c(c2c(=O)n1-c1ccccc1C(F)(F)F)CCCC3)C(=O)N(C)C. The zero-order valence-electron chi connectivity index (χ0n) is 17.8. The van der Waals surface area contributed by atoms with E-state index in [0.717, 1.165) is 58.5 Å². The van der Waals surface area contributed by atoms with Crippen LogP contribution in [0.25, 0.3) is 15.9 Å². The van der Waals surface area contributed by atoms with Gasteiger partial charge in [-0.05, 0) is 50.3 Å². The van der Waals surface area contributed by atoms with Gasteiger partial charge in [-0.2, -0.15) is 13.2 Å². The third kappa shape index (κ3) is 4.05. The van der Waals surface area contributed by atoms with Crippen molar-refractivity contribution in [2.75, 3.05) is 14.1 Å². The molecule has 4 rings (SSSR count). The van der Waals surface area contributed by atoms with Crippen molar-refractivity contribution in [2.24, 2.45) is 0 Å². The summed E-state index contributed by atoms with van der Waals surface area (Å²) in [6.45, 7) is 1.66. The predicted octanol–water partition coefficient (Wildman–Crippen LogP) is 4.91. The number of halogens is 3. The van der Waals surface area contributed by atoms with Gasteiger partial charge in [0.2, 0.25) is 5.91 Å². The monoisotopic (exact) mass is 481 g/mol. The van der Waals surface area contributed by atoms with E-state index in [1.165, 1.54) is 34.4 Å². The van der Waals surface area contributed by atoms with Crippen molar-refractivity contribution in [3.8, 4) is 5.69 Å². The molecule has 5 nitrogen and oxygen atoms in total. The number of thiophene rings is 1. The average Bonchev–Trinajstić information content (AvgIpc) is 3.11. The van der Waals surface area contributed by atoms with Crippen LogP contribution in [0, 0.1) is 0 Å². The number of nitrogens with zero attached hydrogens (tertiary/aromatic N) is 3. The van der Waals surface area contributed by atoms with Crippen molar-refractivity contribution in [3.05, 3.63) is 50.6 Å². The number of fused-ring (bicyclic) bond motifs is 3. The minimum Gasteiger partial charge on any atom is -0.348 e. The molecule has 10 heteroatoms.